The summed E-state index contributed by atoms with van der Waals surface area (Å²) in [5, 5.41) is 2.83. The highest BCUT2D eigenvalue weighted by Crippen LogP contribution is 2.14. The molecule has 1 aromatic carbocycles. The topological polar surface area (TPSA) is 55.1 Å². The van der Waals surface area contributed by atoms with Gasteiger partial charge in [-0.25, -0.2) is 4.39 Å². The van der Waals surface area contributed by atoms with E-state index in [0.717, 1.165) is 24.8 Å². The van der Waals surface area contributed by atoms with E-state index in [-0.39, 0.29) is 11.7 Å². The van der Waals surface area contributed by atoms with Crippen LogP contribution in [0.3, 0.4) is 0 Å². The van der Waals surface area contributed by atoms with Gasteiger partial charge in [0.05, 0.1) is 0 Å². The molecule has 1 aromatic rings. The largest absolute Gasteiger partial charge is 0.352 e. The highest BCUT2D eigenvalue weighted by molar-refractivity contribution is 5.75. The molecule has 3 nitrogen and oxygen atoms in total. The summed E-state index contributed by atoms with van der Waals surface area (Å²) in [7, 11) is 0. The van der Waals surface area contributed by atoms with Crippen molar-refractivity contribution in [1.82, 2.24) is 5.32 Å². The molecule has 112 valence electrons. The van der Waals surface area contributed by atoms with E-state index in [1.54, 1.807) is 13.0 Å². The van der Waals surface area contributed by atoms with Gasteiger partial charge in [-0.1, -0.05) is 25.5 Å². The summed E-state index contributed by atoms with van der Waals surface area (Å²) in [6.45, 7) is 4.89. The van der Waals surface area contributed by atoms with Crippen molar-refractivity contribution < 1.29 is 9.18 Å². The number of nitrogens with one attached hydrogen (secondary N) is 1. The van der Waals surface area contributed by atoms with Crippen LogP contribution in [0.1, 0.15) is 43.7 Å². The van der Waals surface area contributed by atoms with Gasteiger partial charge in [-0.3, -0.25) is 4.79 Å². The van der Waals surface area contributed by atoms with E-state index in [2.05, 4.69) is 12.2 Å². The average molecular weight is 280 g/mol. The molecule has 20 heavy (non-hydrogen) atoms. The van der Waals surface area contributed by atoms with Gasteiger partial charge in [-0.2, -0.15) is 0 Å². The van der Waals surface area contributed by atoms with Crippen LogP contribution in [-0.4, -0.2) is 12.5 Å². The Balaban J connectivity index is 2.34. The van der Waals surface area contributed by atoms with Crippen LogP contribution in [0.2, 0.25) is 0 Å². The lowest BCUT2D eigenvalue weighted by Crippen LogP contribution is -2.23. The first kappa shape index (κ1) is 16.6. The molecule has 1 rings (SSSR count). The number of hydrogen-bond acceptors (Lipinski definition) is 2. The summed E-state index contributed by atoms with van der Waals surface area (Å²) >= 11 is 0. The minimum atomic E-state index is -0.231. The van der Waals surface area contributed by atoms with Crippen LogP contribution >= 0.6 is 0 Å². The molecule has 0 aliphatic rings. The van der Waals surface area contributed by atoms with Crippen LogP contribution in [0.15, 0.2) is 18.2 Å². The molecular weight excluding hydrogens is 255 g/mol. The lowest BCUT2D eigenvalue weighted by atomic mass is 9.96. The Morgan fingerprint density at radius 3 is 2.75 bits per heavy atom. The summed E-state index contributed by atoms with van der Waals surface area (Å²) in [5.41, 5.74) is 6.94. The molecule has 0 aromatic heterocycles. The lowest BCUT2D eigenvalue weighted by Gasteiger charge is -2.13. The molecule has 1 atom stereocenters. The summed E-state index contributed by atoms with van der Waals surface area (Å²) in [6, 6.07) is 5.03. The van der Waals surface area contributed by atoms with Crippen molar-refractivity contribution in [2.75, 3.05) is 6.54 Å². The third kappa shape index (κ3) is 5.70. The molecule has 4 heteroatoms. The second-order valence-electron chi connectivity index (χ2n) is 5.25. The van der Waals surface area contributed by atoms with E-state index < -0.39 is 0 Å². The normalized spacial score (nSPS) is 12.2. The van der Waals surface area contributed by atoms with Gasteiger partial charge in [-0.15, -0.1) is 0 Å². The van der Waals surface area contributed by atoms with Gasteiger partial charge in [0.25, 0.3) is 0 Å². The number of carbonyl (C=O) groups is 1. The zero-order valence-corrected chi connectivity index (χ0v) is 12.4. The van der Waals surface area contributed by atoms with Crippen LogP contribution in [0.4, 0.5) is 4.39 Å². The van der Waals surface area contributed by atoms with Crippen LogP contribution < -0.4 is 11.1 Å². The number of halogens is 1. The van der Waals surface area contributed by atoms with Crippen molar-refractivity contribution in [3.05, 3.63) is 35.1 Å². The molecule has 0 aliphatic carbocycles. The summed E-state index contributed by atoms with van der Waals surface area (Å²) in [4.78, 5) is 11.8. The molecule has 1 amide bonds. The lowest BCUT2D eigenvalue weighted by molar-refractivity contribution is -0.121. The van der Waals surface area contributed by atoms with Crippen LogP contribution in [0, 0.1) is 18.7 Å². The van der Waals surface area contributed by atoms with Gasteiger partial charge in [0.2, 0.25) is 5.91 Å². The van der Waals surface area contributed by atoms with Crippen molar-refractivity contribution in [2.24, 2.45) is 11.7 Å². The van der Waals surface area contributed by atoms with Crippen molar-refractivity contribution in [3.63, 3.8) is 0 Å². The third-order valence-electron chi connectivity index (χ3n) is 3.66. The molecule has 0 heterocycles. The van der Waals surface area contributed by atoms with Crippen molar-refractivity contribution in [3.8, 4) is 0 Å². The van der Waals surface area contributed by atoms with Gasteiger partial charge in [0, 0.05) is 13.0 Å². The Morgan fingerprint density at radius 2 is 2.15 bits per heavy atom. The van der Waals surface area contributed by atoms with Crippen molar-refractivity contribution in [1.29, 1.82) is 0 Å². The second kappa shape index (κ2) is 8.69. The monoisotopic (exact) mass is 280 g/mol. The molecule has 0 radical (unpaired) electrons. The van der Waals surface area contributed by atoms with E-state index in [0.29, 0.717) is 31.0 Å². The van der Waals surface area contributed by atoms with E-state index in [1.165, 1.54) is 6.07 Å². The van der Waals surface area contributed by atoms with Crippen LogP contribution in [0.5, 0.6) is 0 Å². The molecular formula is C16H25FN2O. The number of rotatable bonds is 8. The zero-order valence-electron chi connectivity index (χ0n) is 12.4. The summed E-state index contributed by atoms with van der Waals surface area (Å²) in [5.74, 6) is 0.301. The summed E-state index contributed by atoms with van der Waals surface area (Å²) < 4.78 is 13.4. The number of nitrogens with two attached hydrogens (primary N) is 1. The van der Waals surface area contributed by atoms with E-state index >= 15 is 0 Å². The fourth-order valence-electron chi connectivity index (χ4n) is 2.16. The van der Waals surface area contributed by atoms with E-state index in [9.17, 15) is 9.18 Å². The molecule has 0 aliphatic heterocycles. The smallest absolute Gasteiger partial charge is 0.220 e. The van der Waals surface area contributed by atoms with Crippen LogP contribution in [-0.2, 0) is 11.3 Å². The van der Waals surface area contributed by atoms with Gasteiger partial charge in [0.15, 0.2) is 0 Å². The fourth-order valence-corrected chi connectivity index (χ4v) is 2.16. The maximum Gasteiger partial charge on any atom is 0.220 e. The van der Waals surface area contributed by atoms with Crippen molar-refractivity contribution >= 4 is 5.91 Å². The highest BCUT2D eigenvalue weighted by atomic mass is 19.1. The van der Waals surface area contributed by atoms with Gasteiger partial charge in [0.1, 0.15) is 5.82 Å². The molecule has 0 saturated carbocycles. The van der Waals surface area contributed by atoms with Crippen LogP contribution in [0.25, 0.3) is 0 Å². The minimum absolute atomic E-state index is 0.0152. The first-order chi connectivity index (χ1) is 9.56. The predicted octanol–water partition coefficient (Wildman–Crippen LogP) is 2.91. The Morgan fingerprint density at radius 1 is 1.40 bits per heavy atom. The molecule has 0 spiro atoms. The van der Waals surface area contributed by atoms with E-state index in [1.807, 2.05) is 6.07 Å². The van der Waals surface area contributed by atoms with Gasteiger partial charge in [-0.05, 0) is 49.4 Å². The molecule has 0 bridgehead atoms. The Kier molecular flexibility index (Phi) is 7.23. The predicted molar refractivity (Wildman–Crippen MR) is 79.7 cm³/mol. The average Bonchev–Trinajstić information content (AvgIpc) is 2.44. The number of carbonyl (C=O) groups excluding carboxylic acids is 1. The van der Waals surface area contributed by atoms with E-state index in [4.69, 9.17) is 5.73 Å². The molecule has 0 saturated heterocycles. The quantitative estimate of drug-likeness (QED) is 0.769. The fraction of sp³-hybridized carbons (Fsp3) is 0.562. The maximum atomic E-state index is 13.4. The zero-order chi connectivity index (χ0) is 15.0. The minimum Gasteiger partial charge on any atom is -0.352 e. The summed E-state index contributed by atoms with van der Waals surface area (Å²) in [6.07, 6.45) is 3.38. The first-order valence-electron chi connectivity index (χ1n) is 7.28. The highest BCUT2D eigenvalue weighted by Gasteiger charge is 2.09. The Bertz CT molecular complexity index is 434. The molecule has 0 fully saturated rings. The number of hydrogen-bond donors (Lipinski definition) is 2. The first-order valence-corrected chi connectivity index (χ1v) is 7.28. The number of aryl methyl sites for hydroxylation is 1. The SMILES string of the molecule is CCC(CCN)CCC(=O)NCc1ccc(C)c(F)c1. The second-order valence-corrected chi connectivity index (χ2v) is 5.25. The molecule has 3 N–H and O–H groups in total. The van der Waals surface area contributed by atoms with Crippen molar-refractivity contribution in [2.45, 2.75) is 46.1 Å². The standard InChI is InChI=1S/C16H25FN2O/c1-3-13(8-9-18)6-7-16(20)19-11-14-5-4-12(2)15(17)10-14/h4-5,10,13H,3,6-9,11,18H2,1-2H3,(H,19,20). The number of amides is 1. The Labute approximate surface area is 120 Å². The molecule has 1 unspecified atom stereocenters. The van der Waals surface area contributed by atoms with Gasteiger partial charge >= 0.3 is 0 Å². The third-order valence-corrected chi connectivity index (χ3v) is 3.66. The maximum absolute atomic E-state index is 13.4. The van der Waals surface area contributed by atoms with Gasteiger partial charge < -0.3 is 11.1 Å². The number of benzene rings is 1. The Hall–Kier alpha value is -1.42.